The summed E-state index contributed by atoms with van der Waals surface area (Å²) in [5.41, 5.74) is 4.71. The highest BCUT2D eigenvalue weighted by Crippen LogP contribution is 1.83. The Morgan fingerprint density at radius 1 is 1.06 bits per heavy atom. The molecule has 0 aliphatic heterocycles. The van der Waals surface area contributed by atoms with E-state index in [1.54, 1.807) is 0 Å². The SMILES string of the molecule is CN(C)CCCNCCCN(C)C.NC(=S)S. The first-order chi connectivity index (χ1) is 7.86. The van der Waals surface area contributed by atoms with Crippen molar-refractivity contribution < 1.29 is 0 Å². The van der Waals surface area contributed by atoms with E-state index in [1.165, 1.54) is 25.9 Å². The maximum Gasteiger partial charge on any atom is 0.128 e. The first kappa shape index (κ1) is 19.5. The number of hydrogen-bond donors (Lipinski definition) is 3. The van der Waals surface area contributed by atoms with Crippen LogP contribution >= 0.6 is 24.8 Å². The fourth-order valence-corrected chi connectivity index (χ4v) is 1.17. The van der Waals surface area contributed by atoms with Gasteiger partial charge in [0.1, 0.15) is 4.32 Å². The fraction of sp³-hybridized carbons (Fsp3) is 0.909. The molecule has 0 heterocycles. The van der Waals surface area contributed by atoms with Crippen LogP contribution < -0.4 is 11.1 Å². The molecule has 0 bridgehead atoms. The van der Waals surface area contributed by atoms with Crippen LogP contribution in [0.5, 0.6) is 0 Å². The molecule has 0 saturated carbocycles. The van der Waals surface area contributed by atoms with Crippen molar-refractivity contribution in [2.75, 3.05) is 54.4 Å². The number of nitrogens with two attached hydrogens (primary N) is 1. The molecule has 17 heavy (non-hydrogen) atoms. The molecule has 4 nitrogen and oxygen atoms in total. The summed E-state index contributed by atoms with van der Waals surface area (Å²) in [5.74, 6) is 0. The van der Waals surface area contributed by atoms with Crippen molar-refractivity contribution in [3.63, 3.8) is 0 Å². The van der Waals surface area contributed by atoms with Gasteiger partial charge in [0.05, 0.1) is 0 Å². The van der Waals surface area contributed by atoms with Crippen molar-refractivity contribution >= 4 is 29.2 Å². The highest BCUT2D eigenvalue weighted by molar-refractivity contribution is 8.10. The zero-order chi connectivity index (χ0) is 13.7. The van der Waals surface area contributed by atoms with Crippen molar-refractivity contribution in [1.82, 2.24) is 15.1 Å². The first-order valence-electron chi connectivity index (χ1n) is 5.84. The average Bonchev–Trinajstić information content (AvgIpc) is 2.14. The lowest BCUT2D eigenvalue weighted by Crippen LogP contribution is -2.24. The van der Waals surface area contributed by atoms with Gasteiger partial charge in [0, 0.05) is 0 Å². The number of rotatable bonds is 8. The standard InChI is InChI=1S/C10H25N3.CH3NS2/c1-12(2)9-5-7-11-8-6-10-13(3)4;2-1(3)4/h11H,5-10H2,1-4H3;(H3,2,3,4). The zero-order valence-electron chi connectivity index (χ0n) is 11.6. The summed E-state index contributed by atoms with van der Waals surface area (Å²) < 4.78 is 0.194. The molecule has 0 rings (SSSR count). The molecule has 0 aliphatic carbocycles. The van der Waals surface area contributed by atoms with Crippen molar-refractivity contribution in [2.24, 2.45) is 5.73 Å². The molecule has 6 heteroatoms. The molecule has 0 aliphatic rings. The molecule has 0 spiro atoms. The highest BCUT2D eigenvalue weighted by Gasteiger charge is 1.92. The molecule has 0 fully saturated rings. The number of thiol groups is 1. The zero-order valence-corrected chi connectivity index (χ0v) is 13.3. The van der Waals surface area contributed by atoms with Gasteiger partial charge in [0.25, 0.3) is 0 Å². The summed E-state index contributed by atoms with van der Waals surface area (Å²) in [6.07, 6.45) is 2.49. The Labute approximate surface area is 117 Å². The molecule has 0 radical (unpaired) electrons. The lowest BCUT2D eigenvalue weighted by molar-refractivity contribution is 0.380. The Morgan fingerprint density at radius 2 is 1.35 bits per heavy atom. The third-order valence-electron chi connectivity index (χ3n) is 1.92. The number of hydrogen-bond acceptors (Lipinski definition) is 4. The van der Waals surface area contributed by atoms with E-state index in [2.05, 4.69) is 68.2 Å². The van der Waals surface area contributed by atoms with E-state index in [0.29, 0.717) is 0 Å². The van der Waals surface area contributed by atoms with Gasteiger partial charge in [-0.05, 0) is 67.2 Å². The number of nitrogens with one attached hydrogen (secondary N) is 1. The van der Waals surface area contributed by atoms with Crippen LogP contribution in [0, 0.1) is 0 Å². The van der Waals surface area contributed by atoms with E-state index in [0.717, 1.165) is 13.1 Å². The first-order valence-corrected chi connectivity index (χ1v) is 6.70. The van der Waals surface area contributed by atoms with Gasteiger partial charge in [0.2, 0.25) is 0 Å². The van der Waals surface area contributed by atoms with Crippen LogP contribution in [0.2, 0.25) is 0 Å². The average molecular weight is 281 g/mol. The van der Waals surface area contributed by atoms with E-state index in [-0.39, 0.29) is 4.32 Å². The van der Waals surface area contributed by atoms with Gasteiger partial charge in [-0.1, -0.05) is 12.2 Å². The summed E-state index contributed by atoms with van der Waals surface area (Å²) >= 11 is 7.65. The van der Waals surface area contributed by atoms with Gasteiger partial charge >= 0.3 is 0 Å². The smallest absolute Gasteiger partial charge is 0.128 e. The minimum atomic E-state index is 0.194. The van der Waals surface area contributed by atoms with E-state index in [4.69, 9.17) is 5.73 Å². The molecular formula is C11H28N4S2. The van der Waals surface area contributed by atoms with Crippen molar-refractivity contribution in [3.05, 3.63) is 0 Å². The van der Waals surface area contributed by atoms with Gasteiger partial charge in [-0.25, -0.2) is 0 Å². The second kappa shape index (κ2) is 14.2. The molecule has 0 aromatic carbocycles. The Kier molecular flexibility index (Phi) is 16.2. The predicted octanol–water partition coefficient (Wildman–Crippen LogP) is 0.639. The molecule has 0 aromatic rings. The van der Waals surface area contributed by atoms with Gasteiger partial charge in [-0.3, -0.25) is 0 Å². The van der Waals surface area contributed by atoms with Crippen LogP contribution in [0.15, 0.2) is 0 Å². The summed E-state index contributed by atoms with van der Waals surface area (Å²) in [6, 6.07) is 0. The number of thiocarbonyl (C=S) groups is 1. The third kappa shape index (κ3) is 31.4. The maximum atomic E-state index is 4.71. The van der Waals surface area contributed by atoms with E-state index < -0.39 is 0 Å². The molecule has 0 aromatic heterocycles. The van der Waals surface area contributed by atoms with Crippen molar-refractivity contribution in [2.45, 2.75) is 12.8 Å². The minimum Gasteiger partial charge on any atom is -0.385 e. The van der Waals surface area contributed by atoms with E-state index in [9.17, 15) is 0 Å². The molecule has 0 atom stereocenters. The predicted molar refractivity (Wildman–Crippen MR) is 85.0 cm³/mol. The van der Waals surface area contributed by atoms with Gasteiger partial charge < -0.3 is 20.9 Å². The van der Waals surface area contributed by atoms with E-state index >= 15 is 0 Å². The molecule has 0 saturated heterocycles. The van der Waals surface area contributed by atoms with Gasteiger partial charge in [-0.15, -0.1) is 12.6 Å². The van der Waals surface area contributed by atoms with Crippen LogP contribution in [-0.4, -0.2) is 68.5 Å². The molecule has 0 unspecified atom stereocenters. The van der Waals surface area contributed by atoms with E-state index in [1.807, 2.05) is 0 Å². The Hall–Kier alpha value is 0.120. The van der Waals surface area contributed by atoms with Crippen LogP contribution in [0.1, 0.15) is 12.8 Å². The second-order valence-electron chi connectivity index (χ2n) is 4.40. The summed E-state index contributed by atoms with van der Waals surface area (Å²) in [4.78, 5) is 4.45. The molecule has 0 amide bonds. The Bertz CT molecular complexity index is 159. The van der Waals surface area contributed by atoms with Gasteiger partial charge in [-0.2, -0.15) is 0 Å². The lowest BCUT2D eigenvalue weighted by atomic mass is 10.3. The quantitative estimate of drug-likeness (QED) is 0.346. The van der Waals surface area contributed by atoms with Crippen LogP contribution in [0.4, 0.5) is 0 Å². The largest absolute Gasteiger partial charge is 0.385 e. The fourth-order valence-electron chi connectivity index (χ4n) is 1.17. The van der Waals surface area contributed by atoms with Crippen LogP contribution in [0.25, 0.3) is 0 Å². The van der Waals surface area contributed by atoms with Crippen LogP contribution in [-0.2, 0) is 0 Å². The highest BCUT2D eigenvalue weighted by atomic mass is 32.1. The monoisotopic (exact) mass is 280 g/mol. The maximum absolute atomic E-state index is 4.71. The lowest BCUT2D eigenvalue weighted by Gasteiger charge is -2.11. The van der Waals surface area contributed by atoms with Crippen molar-refractivity contribution in [3.8, 4) is 0 Å². The molecule has 104 valence electrons. The Balaban J connectivity index is 0. The second-order valence-corrected chi connectivity index (χ2v) is 5.63. The normalized spacial score (nSPS) is 10.3. The topological polar surface area (TPSA) is 44.5 Å². The van der Waals surface area contributed by atoms with Crippen molar-refractivity contribution in [1.29, 1.82) is 0 Å². The molecular weight excluding hydrogens is 252 g/mol. The molecule has 3 N–H and O–H groups in total. The summed E-state index contributed by atoms with van der Waals surface area (Å²) in [6.45, 7) is 4.65. The summed E-state index contributed by atoms with van der Waals surface area (Å²) in [7, 11) is 8.47. The van der Waals surface area contributed by atoms with Gasteiger partial charge in [0.15, 0.2) is 0 Å². The Morgan fingerprint density at radius 3 is 1.59 bits per heavy atom. The summed E-state index contributed by atoms with van der Waals surface area (Å²) in [5, 5.41) is 3.44. The minimum absolute atomic E-state index is 0.194. The van der Waals surface area contributed by atoms with Crippen LogP contribution in [0.3, 0.4) is 0 Å². The number of nitrogens with zero attached hydrogens (tertiary/aromatic N) is 2. The third-order valence-corrected chi connectivity index (χ3v) is 1.92.